The molecule has 9 rings (SSSR count). The predicted molar refractivity (Wildman–Crippen MR) is 288 cm³/mol. The van der Waals surface area contributed by atoms with Crippen LogP contribution in [0.2, 0.25) is 0 Å². The Hall–Kier alpha value is -7.64. The van der Waals surface area contributed by atoms with Crippen LogP contribution in [-0.4, -0.2) is 139 Å². The molecule has 1 aliphatic carbocycles. The number of nitrogens with two attached hydrogens (primary N) is 2. The Labute approximate surface area is 442 Å². The molecule has 402 valence electrons. The predicted octanol–water partition coefficient (Wildman–Crippen LogP) is 5.70. The van der Waals surface area contributed by atoms with Gasteiger partial charge in [-0.25, -0.2) is 9.97 Å². The molecule has 2 amide bonds. The number of carbonyl (C=O) groups excluding carboxylic acids is 3. The van der Waals surface area contributed by atoms with Gasteiger partial charge in [0, 0.05) is 75.5 Å². The lowest BCUT2D eigenvalue weighted by Crippen LogP contribution is -2.37. The number of nitrogens with one attached hydrogen (secondary N) is 3. The Morgan fingerprint density at radius 1 is 0.763 bits per heavy atom. The van der Waals surface area contributed by atoms with Gasteiger partial charge in [-0.1, -0.05) is 18.0 Å². The zero-order valence-electron chi connectivity index (χ0n) is 43.0. The Balaban J connectivity index is 0.755. The topological polar surface area (TPSA) is 300 Å². The summed E-state index contributed by atoms with van der Waals surface area (Å²) in [5, 5.41) is 37.0. The minimum Gasteiger partial charge on any atom is -0.492 e. The first kappa shape index (κ1) is 53.2. The zero-order chi connectivity index (χ0) is 53.0. The van der Waals surface area contributed by atoms with E-state index in [0.29, 0.717) is 67.8 Å². The fraction of sp³-hybridized carbons (Fsp3) is 0.519. The second kappa shape index (κ2) is 24.8. The third-order valence-electron chi connectivity index (χ3n) is 15.6. The molecular formula is C54H69N15O7. The first-order chi connectivity index (χ1) is 37.0. The molecule has 0 radical (unpaired) electrons. The molecular weight excluding hydrogens is 971 g/mol. The van der Waals surface area contributed by atoms with Crippen LogP contribution in [0, 0.1) is 39.9 Å². The second-order valence-corrected chi connectivity index (χ2v) is 20.5. The largest absolute Gasteiger partial charge is 0.492 e. The van der Waals surface area contributed by atoms with E-state index in [4.69, 9.17) is 51.5 Å². The minimum absolute atomic E-state index is 0.0292. The summed E-state index contributed by atoms with van der Waals surface area (Å²) < 4.78 is 11.0. The van der Waals surface area contributed by atoms with Gasteiger partial charge in [-0.2, -0.15) is 15.2 Å². The van der Waals surface area contributed by atoms with Gasteiger partial charge in [0.1, 0.15) is 53.1 Å². The number of carbonyl (C=O) groups is 3. The molecule has 4 aliphatic heterocycles. The summed E-state index contributed by atoms with van der Waals surface area (Å²) in [4.78, 5) is 71.5. The first-order valence-electron chi connectivity index (χ1n) is 26.6. The average molecular weight is 1040 g/mol. The van der Waals surface area contributed by atoms with Gasteiger partial charge in [-0.3, -0.25) is 19.3 Å². The number of amides is 2. The summed E-state index contributed by atoms with van der Waals surface area (Å²) in [5.74, 6) is 0.835. The van der Waals surface area contributed by atoms with E-state index in [1.165, 1.54) is 6.21 Å². The lowest BCUT2D eigenvalue weighted by atomic mass is 9.90. The molecule has 4 saturated heterocycles. The van der Waals surface area contributed by atoms with Crippen molar-refractivity contribution in [1.82, 2.24) is 24.8 Å². The number of aliphatic hydroxyl groups excluding tert-OH is 1. The monoisotopic (exact) mass is 1040 g/mol. The third kappa shape index (κ3) is 13.1. The van der Waals surface area contributed by atoms with Gasteiger partial charge in [-0.15, -0.1) is 0 Å². The summed E-state index contributed by atoms with van der Waals surface area (Å²) in [6.45, 7) is 7.36. The highest BCUT2D eigenvalue weighted by Crippen LogP contribution is 2.60. The number of aliphatic hydroxyl groups is 1. The number of primary amides is 2. The van der Waals surface area contributed by atoms with Crippen LogP contribution in [0.3, 0.4) is 0 Å². The number of ether oxygens (including phenoxy) is 2. The van der Waals surface area contributed by atoms with Crippen molar-refractivity contribution in [3.63, 3.8) is 0 Å². The number of nitrogens with zero attached hydrogens (tertiary/aromatic N) is 10. The summed E-state index contributed by atoms with van der Waals surface area (Å²) >= 11 is 0. The van der Waals surface area contributed by atoms with Crippen LogP contribution in [0.15, 0.2) is 53.7 Å². The number of hydrogen-bond donors (Lipinski definition) is 6. The molecule has 1 atom stereocenters. The summed E-state index contributed by atoms with van der Waals surface area (Å²) in [7, 11) is 0. The summed E-state index contributed by atoms with van der Waals surface area (Å²) in [6.07, 6.45) is 13.3. The van der Waals surface area contributed by atoms with Crippen LogP contribution < -0.4 is 41.5 Å². The number of rotatable bonds is 21. The van der Waals surface area contributed by atoms with E-state index in [1.807, 2.05) is 53.4 Å². The summed E-state index contributed by atoms with van der Waals surface area (Å²) in [5.41, 5.74) is 14.7. The number of oxime groups is 1. The van der Waals surface area contributed by atoms with E-state index >= 15 is 0 Å². The average Bonchev–Trinajstić information content (AvgIpc) is 4.20. The molecule has 8 N–H and O–H groups in total. The highest BCUT2D eigenvalue weighted by atomic mass is 16.6. The van der Waals surface area contributed by atoms with Crippen LogP contribution in [0.1, 0.15) is 109 Å². The Bertz CT molecular complexity index is 2740. The number of piperidine rings is 3. The van der Waals surface area contributed by atoms with Gasteiger partial charge >= 0.3 is 5.97 Å². The molecule has 4 aromatic rings. The first-order valence-corrected chi connectivity index (χ1v) is 26.6. The molecule has 2 aromatic heterocycles. The molecule has 22 heteroatoms. The van der Waals surface area contributed by atoms with Gasteiger partial charge in [-0.05, 0) is 137 Å². The van der Waals surface area contributed by atoms with Crippen molar-refractivity contribution in [2.24, 2.45) is 39.8 Å². The smallest absolute Gasteiger partial charge is 0.311 e. The maximum atomic E-state index is 13.1. The van der Waals surface area contributed by atoms with Crippen molar-refractivity contribution in [2.45, 2.75) is 77.0 Å². The van der Waals surface area contributed by atoms with Crippen molar-refractivity contribution in [3.05, 3.63) is 71.0 Å². The quantitative estimate of drug-likeness (QED) is 0.0252. The molecule has 22 nitrogen and oxygen atoms in total. The van der Waals surface area contributed by atoms with E-state index in [0.717, 1.165) is 134 Å². The Morgan fingerprint density at radius 3 is 1.93 bits per heavy atom. The van der Waals surface area contributed by atoms with E-state index in [2.05, 4.69) is 46.5 Å². The molecule has 2 aromatic carbocycles. The van der Waals surface area contributed by atoms with Gasteiger partial charge in [0.05, 0.1) is 18.2 Å². The highest BCUT2D eigenvalue weighted by Gasteiger charge is 2.59. The fourth-order valence-electron chi connectivity index (χ4n) is 11.0. The lowest BCUT2D eigenvalue weighted by molar-refractivity contribution is -0.154. The van der Waals surface area contributed by atoms with Crippen molar-refractivity contribution >= 4 is 70.8 Å². The standard InChI is InChI=1S/C54H69N15O7/c55-20-13-36-16-25-69(26-17-36)52-62-43(32-56)45(47(57)71)49(64-52)61-39-7-11-41(12-8-39)74-30-29-66-23-14-37(15-24-66)34-76-59-33-44-46(48(58)72)50(65-53(63-44)68-21-3-1-2-4-22-68)60-38-5-9-40(10-6-38)67-27-18-54(19-28-67)31-42(54)51(73)75-35-70/h5-12,32-33,36-37,42,56,70H,1-4,13-19,21-31,34-35H2,(H2,57,71)(H2,58,72)(H,60,63,65)(H,61,62,64). The Kier molecular flexibility index (Phi) is 17.4. The normalized spacial score (nSPS) is 19.2. The molecule has 5 aliphatic rings. The van der Waals surface area contributed by atoms with E-state index in [9.17, 15) is 14.4 Å². The SMILES string of the molecule is N#CCC1CCN(c2nc(C=N)c(C(N)=O)c(Nc3ccc(OCCN4CCC(CON=Cc5nc(N6CCCCCC6)nc(Nc6ccc(N7CCC8(CC7)CC8C(=O)OCO)cc6)c5C(N)=O)CC4)cc3)n2)CC1. The molecule has 1 saturated carbocycles. The molecule has 6 heterocycles. The minimum atomic E-state index is -0.742. The van der Waals surface area contributed by atoms with Crippen LogP contribution in [-0.2, 0) is 14.4 Å². The zero-order valence-corrected chi connectivity index (χ0v) is 43.0. The molecule has 5 fully saturated rings. The van der Waals surface area contributed by atoms with Crippen LogP contribution in [0.25, 0.3) is 0 Å². The van der Waals surface area contributed by atoms with Crippen LogP contribution in [0.5, 0.6) is 5.75 Å². The number of nitriles is 1. The van der Waals surface area contributed by atoms with E-state index < -0.39 is 18.6 Å². The number of hydrogen-bond acceptors (Lipinski definition) is 20. The van der Waals surface area contributed by atoms with E-state index in [1.54, 1.807) is 0 Å². The van der Waals surface area contributed by atoms with Crippen LogP contribution >= 0.6 is 0 Å². The van der Waals surface area contributed by atoms with Crippen molar-refractivity contribution < 1.29 is 33.8 Å². The van der Waals surface area contributed by atoms with Crippen LogP contribution in [0.4, 0.5) is 40.6 Å². The number of anilines is 7. The molecule has 1 spiro atoms. The second-order valence-electron chi connectivity index (χ2n) is 20.5. The maximum absolute atomic E-state index is 13.1. The molecule has 76 heavy (non-hydrogen) atoms. The maximum Gasteiger partial charge on any atom is 0.311 e. The lowest BCUT2D eigenvalue weighted by Gasteiger charge is -2.34. The van der Waals surface area contributed by atoms with Gasteiger partial charge in [0.25, 0.3) is 11.8 Å². The third-order valence-corrected chi connectivity index (χ3v) is 15.6. The van der Waals surface area contributed by atoms with Gasteiger partial charge in [0.15, 0.2) is 6.79 Å². The van der Waals surface area contributed by atoms with Gasteiger partial charge in [0.2, 0.25) is 11.9 Å². The molecule has 1 unspecified atom stereocenters. The summed E-state index contributed by atoms with van der Waals surface area (Å²) in [6, 6.07) is 17.6. The number of esters is 1. The number of aromatic nitrogens is 4. The van der Waals surface area contributed by atoms with Crippen molar-refractivity contribution in [3.8, 4) is 11.8 Å². The van der Waals surface area contributed by atoms with Gasteiger partial charge < -0.3 is 61.6 Å². The van der Waals surface area contributed by atoms with Crippen molar-refractivity contribution in [2.75, 3.05) is 104 Å². The number of likely N-dealkylation sites (tertiary alicyclic amines) is 1. The fourth-order valence-corrected chi connectivity index (χ4v) is 11.0. The van der Waals surface area contributed by atoms with Crippen molar-refractivity contribution in [1.29, 1.82) is 10.7 Å². The molecule has 0 bridgehead atoms. The Morgan fingerprint density at radius 2 is 1.34 bits per heavy atom. The number of benzene rings is 2. The van der Waals surface area contributed by atoms with E-state index in [-0.39, 0.29) is 51.6 Å². The highest BCUT2D eigenvalue weighted by molar-refractivity contribution is 6.06.